The molecule has 12 rings (SSSR count). The number of nitrogens with two attached hydrogens (primary N) is 1. The average Bonchev–Trinajstić information content (AvgIpc) is 0.676. The maximum absolute atomic E-state index is 15.8. The molecule has 2 aliphatic rings. The molecule has 0 aromatic heterocycles. The molecule has 0 saturated heterocycles. The molecule has 0 aliphatic carbocycles. The van der Waals surface area contributed by atoms with Gasteiger partial charge < -0.3 is 24.7 Å². The van der Waals surface area contributed by atoms with Gasteiger partial charge in [0.25, 0.3) is 64.1 Å². The number of benzene rings is 10. The normalized spacial score (nSPS) is 13.7. The number of para-hydroxylation sites is 1. The van der Waals surface area contributed by atoms with Gasteiger partial charge in [-0.2, -0.15) is 33.7 Å². The summed E-state index contributed by atoms with van der Waals surface area (Å²) in [7, 11) is -19.1. The van der Waals surface area contributed by atoms with Gasteiger partial charge in [-0.05, 0) is 132 Å². The first kappa shape index (κ1) is 57.5. The van der Waals surface area contributed by atoms with Crippen molar-refractivity contribution in [2.45, 2.75) is 19.6 Å². The van der Waals surface area contributed by atoms with Gasteiger partial charge in [0.05, 0.1) is 47.5 Å². The van der Waals surface area contributed by atoms with E-state index in [2.05, 4.69) is 13.2 Å². The zero-order valence-electron chi connectivity index (χ0n) is 44.2. The molecular weight excluding hydrogens is 1210 g/mol. The fraction of sp³-hybridized carbons (Fsp3) is 0.0333. The predicted octanol–water partition coefficient (Wildman–Crippen LogP) is 10.5. The second-order valence-electron chi connectivity index (χ2n) is 19.6. The molecule has 0 spiro atoms. The summed E-state index contributed by atoms with van der Waals surface area (Å²) in [6.07, 6.45) is 2.81. The number of fused-ring (bicyclic) bond motifs is 2. The van der Waals surface area contributed by atoms with Crippen LogP contribution in [0.3, 0.4) is 0 Å². The van der Waals surface area contributed by atoms with E-state index in [4.69, 9.17) is 24.7 Å². The van der Waals surface area contributed by atoms with Crippen molar-refractivity contribution in [1.29, 1.82) is 0 Å². The fourth-order valence-electron chi connectivity index (χ4n) is 10.8. The summed E-state index contributed by atoms with van der Waals surface area (Å²) in [5.41, 5.74) is 5.74. The highest BCUT2D eigenvalue weighted by Crippen LogP contribution is 2.58. The number of rotatable bonds is 17. The Morgan fingerprint density at radius 2 is 0.655 bits per heavy atom. The number of amides is 4. The molecule has 0 unspecified atom stereocenters. The van der Waals surface area contributed by atoms with Crippen molar-refractivity contribution in [2.75, 3.05) is 18.0 Å². The minimum absolute atomic E-state index is 0.0390. The lowest BCUT2D eigenvalue weighted by molar-refractivity contribution is 0.0613. The smallest absolute Gasteiger partial charge is 0.294 e. The second kappa shape index (κ2) is 20.6. The maximum Gasteiger partial charge on any atom is 0.294 e. The summed E-state index contributed by atoms with van der Waals surface area (Å²) in [6, 6.07) is 27.4. The summed E-state index contributed by atoms with van der Waals surface area (Å²) < 4.78 is 165. The lowest BCUT2D eigenvalue weighted by Gasteiger charge is -2.33. The van der Waals surface area contributed by atoms with Crippen LogP contribution in [0.1, 0.15) is 52.6 Å². The molecule has 2 aliphatic heterocycles. The first-order valence-corrected chi connectivity index (χ1v) is 31.2. The molecule has 0 radical (unpaired) electrons. The van der Waals surface area contributed by atoms with Crippen LogP contribution in [0.5, 0.6) is 46.0 Å². The summed E-state index contributed by atoms with van der Waals surface area (Å²) in [6.45, 7) is 7.27. The van der Waals surface area contributed by atoms with E-state index >= 15 is 19.2 Å². The van der Waals surface area contributed by atoms with Gasteiger partial charge in [0.15, 0.2) is 0 Å². The molecule has 4 amide bonds. The Kier molecular flexibility index (Phi) is 13.6. The van der Waals surface area contributed by atoms with Crippen LogP contribution in [0.25, 0.3) is 55.2 Å². The van der Waals surface area contributed by atoms with E-state index in [9.17, 15) is 51.9 Å². The van der Waals surface area contributed by atoms with E-state index in [1.165, 1.54) is 84.9 Å². The van der Waals surface area contributed by atoms with Gasteiger partial charge in [-0.1, -0.05) is 43.5 Å². The first-order valence-electron chi connectivity index (χ1n) is 25.4. The Bertz CT molecular complexity index is 4900. The van der Waals surface area contributed by atoms with Crippen LogP contribution >= 0.6 is 0 Å². The molecule has 0 fully saturated rings. The first-order chi connectivity index (χ1) is 41.2. The van der Waals surface area contributed by atoms with Gasteiger partial charge >= 0.3 is 0 Å². The zero-order chi connectivity index (χ0) is 62.0. The third kappa shape index (κ3) is 9.73. The third-order valence-corrected chi connectivity index (χ3v) is 18.0. The molecule has 27 heteroatoms. The van der Waals surface area contributed by atoms with E-state index in [-0.39, 0.29) is 130 Å². The molecule has 87 heavy (non-hydrogen) atoms. The molecule has 10 aromatic carbocycles. The van der Waals surface area contributed by atoms with Crippen molar-refractivity contribution in [3.05, 3.63) is 186 Å². The molecule has 23 nitrogen and oxygen atoms in total. The highest BCUT2D eigenvalue weighted by Gasteiger charge is 2.42. The van der Waals surface area contributed by atoms with Crippen LogP contribution in [0.15, 0.2) is 172 Å². The lowest BCUT2D eigenvalue weighted by Crippen LogP contribution is -2.43. The van der Waals surface area contributed by atoms with Crippen LogP contribution in [0, 0.1) is 0 Å². The quantitative estimate of drug-likeness (QED) is 0.0245. The number of anilines is 1. The Balaban J connectivity index is 1.32. The minimum Gasteiger partial charge on any atom is -0.457 e. The van der Waals surface area contributed by atoms with E-state index in [1.807, 2.05) is 0 Å². The Morgan fingerprint density at radius 1 is 0.391 bits per heavy atom. The molecule has 10 aromatic rings. The van der Waals surface area contributed by atoms with Gasteiger partial charge in [0.1, 0.15) is 46.0 Å². The van der Waals surface area contributed by atoms with Gasteiger partial charge in [-0.25, -0.2) is 4.90 Å². The van der Waals surface area contributed by atoms with Gasteiger partial charge in [-0.15, -0.1) is 0 Å². The van der Waals surface area contributed by atoms with Crippen molar-refractivity contribution in [1.82, 2.24) is 4.90 Å². The predicted molar refractivity (Wildman–Crippen MR) is 315 cm³/mol. The van der Waals surface area contributed by atoms with Gasteiger partial charge in [-0.3, -0.25) is 42.3 Å². The molecule has 0 saturated carbocycles. The number of imide groups is 2. The highest BCUT2D eigenvalue weighted by molar-refractivity contribution is 7.86. The zero-order valence-corrected chi connectivity index (χ0v) is 47.5. The Morgan fingerprint density at radius 3 is 0.897 bits per heavy atom. The SMILES string of the molecule is C=Cc1cccc(C=C)c1N1C(=O)c2cc(Oc3ccc(S(=O)(=O)O)cc3)c3c4c(Oc5ccc(S(=O)(=O)O)cc5)cc5c6c(cc(Oc7ccc(S(=O)(=O)O)cc7)c(c7c(Oc8ccc(S(=O)(=O)O)cc8)cc(c2c37)C1=O)c64)C(=O)N(CCN)C5=O. The topological polar surface area (TPSA) is 355 Å². The van der Waals surface area contributed by atoms with Crippen LogP contribution in [0.4, 0.5) is 5.69 Å². The van der Waals surface area contributed by atoms with Crippen LogP contribution in [0.2, 0.25) is 0 Å². The molecule has 6 N–H and O–H groups in total. The number of nitrogens with zero attached hydrogens (tertiary/aromatic N) is 2. The van der Waals surface area contributed by atoms with Crippen LogP contribution < -0.4 is 29.6 Å². The highest BCUT2D eigenvalue weighted by atomic mass is 32.2. The number of carbonyl (C=O) groups is 4. The summed E-state index contributed by atoms with van der Waals surface area (Å²) in [5.74, 6) is -5.39. The van der Waals surface area contributed by atoms with Crippen LogP contribution in [-0.4, -0.2) is 93.5 Å². The average molecular weight is 1250 g/mol. The van der Waals surface area contributed by atoms with Crippen molar-refractivity contribution in [3.63, 3.8) is 0 Å². The van der Waals surface area contributed by atoms with Crippen molar-refractivity contribution in [2.24, 2.45) is 5.73 Å². The van der Waals surface area contributed by atoms with Crippen molar-refractivity contribution >= 4 is 125 Å². The summed E-state index contributed by atoms with van der Waals surface area (Å²) in [5, 5.41) is -0.733. The van der Waals surface area contributed by atoms with E-state index < -0.39 is 83.7 Å². The van der Waals surface area contributed by atoms with Gasteiger partial charge in [0, 0.05) is 56.2 Å². The third-order valence-electron chi connectivity index (χ3n) is 14.5. The van der Waals surface area contributed by atoms with Crippen LogP contribution in [-0.2, 0) is 40.5 Å². The summed E-state index contributed by atoms with van der Waals surface area (Å²) >= 11 is 0. The largest absolute Gasteiger partial charge is 0.457 e. The molecule has 2 heterocycles. The monoisotopic (exact) mass is 1250 g/mol. The number of hydrogen-bond acceptors (Lipinski definition) is 17. The Labute approximate surface area is 492 Å². The second-order valence-corrected chi connectivity index (χ2v) is 25.3. The van der Waals surface area contributed by atoms with E-state index in [0.717, 1.165) is 58.3 Å². The number of ether oxygens (including phenoxy) is 4. The number of carbonyl (C=O) groups excluding carboxylic acids is 4. The number of hydrogen-bond donors (Lipinski definition) is 5. The molecular formula is C60H39N3O20S4. The molecule has 0 bridgehead atoms. The molecule has 0 atom stereocenters. The van der Waals surface area contributed by atoms with E-state index in [0.29, 0.717) is 11.1 Å². The molecule has 438 valence electrons. The maximum atomic E-state index is 15.8. The lowest BCUT2D eigenvalue weighted by atomic mass is 9.80. The standard InChI is InChI=1S/C60H39N3O20S4/c1-3-30-6-5-7-31(4-2)56(30)63-59(66)42-28-46(82-34-12-20-38(21-13-34)86(74,75)76)52-50-44(80-32-8-16-36(17-9-32)84(68,69)70)26-40-48-41(58(65)62(25-24-61)57(40)64)27-45(81-33-10-18-37(19-11-33)85(71,72)73)51(54(48)50)53-47(29-43(60(63)67)49(42)55(52)53)83-35-14-22-39(23-15-35)87(77,78)79/h3-23,26-29H,1-2,24-25,61H2,(H,68,69,70)(H,71,72,73)(H,74,75,76)(H,77,78,79). The van der Waals surface area contributed by atoms with Crippen molar-refractivity contribution in [3.8, 4) is 46.0 Å². The van der Waals surface area contributed by atoms with E-state index in [1.54, 1.807) is 18.2 Å². The minimum atomic E-state index is -4.79. The summed E-state index contributed by atoms with van der Waals surface area (Å²) in [4.78, 5) is 61.2. The van der Waals surface area contributed by atoms with Gasteiger partial charge in [0.2, 0.25) is 0 Å². The fourth-order valence-corrected chi connectivity index (χ4v) is 12.7. The van der Waals surface area contributed by atoms with Crippen molar-refractivity contribution < 1.29 is 90.0 Å². The Hall–Kier alpha value is -9.94.